The van der Waals surface area contributed by atoms with E-state index in [1.807, 2.05) is 11.8 Å². The zero-order valence-corrected chi connectivity index (χ0v) is 11.9. The summed E-state index contributed by atoms with van der Waals surface area (Å²) >= 11 is 2.03. The minimum atomic E-state index is 0.535. The molecule has 0 heterocycles. The van der Waals surface area contributed by atoms with E-state index in [1.54, 1.807) is 0 Å². The molecule has 1 N–H and O–H groups in total. The van der Waals surface area contributed by atoms with E-state index in [9.17, 15) is 0 Å². The van der Waals surface area contributed by atoms with Gasteiger partial charge in [0.1, 0.15) is 0 Å². The van der Waals surface area contributed by atoms with Gasteiger partial charge in [-0.3, -0.25) is 0 Å². The molecule has 2 heteroatoms. The Balaban J connectivity index is 2.33. The van der Waals surface area contributed by atoms with Crippen molar-refractivity contribution in [2.45, 2.75) is 39.2 Å². The first-order chi connectivity index (χ1) is 8.38. The first kappa shape index (κ1) is 14.6. The quantitative estimate of drug-likeness (QED) is 0.658. The van der Waals surface area contributed by atoms with Crippen molar-refractivity contribution in [2.24, 2.45) is 0 Å². The van der Waals surface area contributed by atoms with Gasteiger partial charge < -0.3 is 5.32 Å². The van der Waals surface area contributed by atoms with Gasteiger partial charge in [0.15, 0.2) is 0 Å². The summed E-state index contributed by atoms with van der Waals surface area (Å²) in [4.78, 5) is 0. The van der Waals surface area contributed by atoms with E-state index in [0.717, 1.165) is 6.54 Å². The van der Waals surface area contributed by atoms with Gasteiger partial charge in [0.2, 0.25) is 0 Å². The molecule has 1 nitrogen and oxygen atoms in total. The largest absolute Gasteiger partial charge is 0.310 e. The molecule has 0 aliphatic carbocycles. The second-order valence-corrected chi connectivity index (χ2v) is 5.65. The zero-order chi connectivity index (χ0) is 12.3. The summed E-state index contributed by atoms with van der Waals surface area (Å²) in [6.45, 7) is 5.61. The van der Waals surface area contributed by atoms with E-state index in [-0.39, 0.29) is 0 Å². The van der Waals surface area contributed by atoms with Gasteiger partial charge in [-0.25, -0.2) is 0 Å². The number of hydrogen-bond acceptors (Lipinski definition) is 2. The molecule has 0 spiro atoms. The maximum atomic E-state index is 3.68. The Bertz CT molecular complexity index is 274. The normalized spacial score (nSPS) is 12.6. The van der Waals surface area contributed by atoms with E-state index in [2.05, 4.69) is 49.5 Å². The molecule has 1 atom stereocenters. The molecule has 0 aliphatic rings. The van der Waals surface area contributed by atoms with E-state index >= 15 is 0 Å². The van der Waals surface area contributed by atoms with Gasteiger partial charge in [-0.05, 0) is 36.5 Å². The Kier molecular flexibility index (Phi) is 8.20. The van der Waals surface area contributed by atoms with E-state index < -0.39 is 0 Å². The third-order valence-electron chi connectivity index (χ3n) is 2.84. The summed E-state index contributed by atoms with van der Waals surface area (Å²) in [6, 6.07) is 11.3. The number of nitrogens with one attached hydrogen (secondary N) is 1. The van der Waals surface area contributed by atoms with Crippen LogP contribution in [0.3, 0.4) is 0 Å². The van der Waals surface area contributed by atoms with E-state index in [0.29, 0.717) is 6.04 Å². The molecule has 1 unspecified atom stereocenters. The fourth-order valence-electron chi connectivity index (χ4n) is 1.96. The molecule has 0 saturated carbocycles. The first-order valence-corrected chi connectivity index (χ1v) is 7.90. The SMILES string of the molecule is CCCC(NCCCSCC)c1ccccc1. The first-order valence-electron chi connectivity index (χ1n) is 6.74. The van der Waals surface area contributed by atoms with Crippen molar-refractivity contribution in [3.05, 3.63) is 35.9 Å². The molecule has 1 aromatic carbocycles. The van der Waals surface area contributed by atoms with Crippen LogP contribution in [0.5, 0.6) is 0 Å². The summed E-state index contributed by atoms with van der Waals surface area (Å²) in [7, 11) is 0. The van der Waals surface area contributed by atoms with Crippen LogP contribution in [0.4, 0.5) is 0 Å². The maximum Gasteiger partial charge on any atom is 0.0320 e. The lowest BCUT2D eigenvalue weighted by atomic mass is 10.0. The van der Waals surface area contributed by atoms with Gasteiger partial charge in [0.25, 0.3) is 0 Å². The average Bonchev–Trinajstić information content (AvgIpc) is 2.38. The monoisotopic (exact) mass is 251 g/mol. The molecule has 17 heavy (non-hydrogen) atoms. The lowest BCUT2D eigenvalue weighted by Gasteiger charge is -2.18. The molecule has 0 aromatic heterocycles. The molecule has 0 amide bonds. The highest BCUT2D eigenvalue weighted by Gasteiger charge is 2.08. The summed E-state index contributed by atoms with van der Waals surface area (Å²) in [5.41, 5.74) is 1.43. The Morgan fingerprint density at radius 1 is 1.18 bits per heavy atom. The number of hydrogen-bond donors (Lipinski definition) is 1. The minimum Gasteiger partial charge on any atom is -0.310 e. The van der Waals surface area contributed by atoms with Gasteiger partial charge in [-0.2, -0.15) is 11.8 Å². The average molecular weight is 251 g/mol. The summed E-state index contributed by atoms with van der Waals surface area (Å²) in [5, 5.41) is 3.68. The van der Waals surface area contributed by atoms with Gasteiger partial charge in [-0.15, -0.1) is 0 Å². The van der Waals surface area contributed by atoms with Crippen LogP contribution in [0.15, 0.2) is 30.3 Å². The molecule has 0 aliphatic heterocycles. The number of benzene rings is 1. The molecule has 96 valence electrons. The second kappa shape index (κ2) is 9.55. The molecule has 0 fully saturated rings. The highest BCUT2D eigenvalue weighted by atomic mass is 32.2. The highest BCUT2D eigenvalue weighted by Crippen LogP contribution is 2.17. The minimum absolute atomic E-state index is 0.535. The fraction of sp³-hybridized carbons (Fsp3) is 0.600. The van der Waals surface area contributed by atoms with Gasteiger partial charge in [-0.1, -0.05) is 50.6 Å². The van der Waals surface area contributed by atoms with Crippen molar-refractivity contribution in [3.63, 3.8) is 0 Å². The predicted molar refractivity (Wildman–Crippen MR) is 79.7 cm³/mol. The van der Waals surface area contributed by atoms with Crippen LogP contribution >= 0.6 is 11.8 Å². The Morgan fingerprint density at radius 2 is 1.94 bits per heavy atom. The molecular formula is C15H25NS. The van der Waals surface area contributed by atoms with Gasteiger partial charge in [0, 0.05) is 6.04 Å². The molecule has 0 radical (unpaired) electrons. The van der Waals surface area contributed by atoms with Gasteiger partial charge in [0.05, 0.1) is 0 Å². The summed E-state index contributed by atoms with van der Waals surface area (Å²) < 4.78 is 0. The van der Waals surface area contributed by atoms with Crippen LogP contribution in [0.1, 0.15) is 44.7 Å². The standard InChI is InChI=1S/C15H25NS/c1-3-9-15(14-10-6-5-7-11-14)16-12-8-13-17-4-2/h5-7,10-11,15-16H,3-4,8-9,12-13H2,1-2H3. The molecule has 1 aromatic rings. The molecular weight excluding hydrogens is 226 g/mol. The molecule has 0 saturated heterocycles. The van der Waals surface area contributed by atoms with Crippen LogP contribution < -0.4 is 5.32 Å². The fourth-order valence-corrected chi connectivity index (χ4v) is 2.59. The Labute approximate surface area is 110 Å². The van der Waals surface area contributed by atoms with Crippen LogP contribution in [-0.4, -0.2) is 18.1 Å². The van der Waals surface area contributed by atoms with Crippen molar-refractivity contribution in [1.82, 2.24) is 5.32 Å². The van der Waals surface area contributed by atoms with Crippen molar-refractivity contribution in [2.75, 3.05) is 18.1 Å². The van der Waals surface area contributed by atoms with Crippen molar-refractivity contribution in [3.8, 4) is 0 Å². The lowest BCUT2D eigenvalue weighted by molar-refractivity contribution is 0.495. The van der Waals surface area contributed by atoms with Crippen molar-refractivity contribution in [1.29, 1.82) is 0 Å². The lowest BCUT2D eigenvalue weighted by Crippen LogP contribution is -2.22. The summed E-state index contributed by atoms with van der Waals surface area (Å²) in [5.74, 6) is 2.51. The highest BCUT2D eigenvalue weighted by molar-refractivity contribution is 7.99. The van der Waals surface area contributed by atoms with E-state index in [4.69, 9.17) is 0 Å². The van der Waals surface area contributed by atoms with Crippen LogP contribution in [0.2, 0.25) is 0 Å². The number of thioether (sulfide) groups is 1. The second-order valence-electron chi connectivity index (χ2n) is 4.26. The van der Waals surface area contributed by atoms with Crippen molar-refractivity contribution < 1.29 is 0 Å². The Morgan fingerprint density at radius 3 is 2.59 bits per heavy atom. The smallest absolute Gasteiger partial charge is 0.0320 e. The number of rotatable bonds is 9. The van der Waals surface area contributed by atoms with Gasteiger partial charge >= 0.3 is 0 Å². The molecule has 1 rings (SSSR count). The predicted octanol–water partition coefficient (Wildman–Crippen LogP) is 4.26. The van der Waals surface area contributed by atoms with Crippen LogP contribution in [0.25, 0.3) is 0 Å². The molecule has 0 bridgehead atoms. The van der Waals surface area contributed by atoms with Crippen LogP contribution in [0, 0.1) is 0 Å². The third-order valence-corrected chi connectivity index (χ3v) is 3.83. The van der Waals surface area contributed by atoms with E-state index in [1.165, 1.54) is 36.3 Å². The zero-order valence-electron chi connectivity index (χ0n) is 11.1. The maximum absolute atomic E-state index is 3.68. The Hall–Kier alpha value is -0.470. The third kappa shape index (κ3) is 6.13. The summed E-state index contributed by atoms with van der Waals surface area (Å²) in [6.07, 6.45) is 3.73. The van der Waals surface area contributed by atoms with Crippen LogP contribution in [-0.2, 0) is 0 Å². The van der Waals surface area contributed by atoms with Crippen molar-refractivity contribution >= 4 is 11.8 Å². The topological polar surface area (TPSA) is 12.0 Å².